The maximum Gasteiger partial charge on any atom is 0.0539 e. The standard InChI is InChI=1S/C7H7Br2N/c1-5-2-6(9)4-10-7(5)3-8/h2,4H,3H2,1H3. The van der Waals surface area contributed by atoms with Gasteiger partial charge in [0.25, 0.3) is 0 Å². The molecule has 0 aromatic carbocycles. The molecule has 1 nitrogen and oxygen atoms in total. The highest BCUT2D eigenvalue weighted by atomic mass is 79.9. The second-order valence-corrected chi connectivity index (χ2v) is 3.53. The first kappa shape index (κ1) is 8.21. The van der Waals surface area contributed by atoms with Crippen LogP contribution >= 0.6 is 31.9 Å². The number of hydrogen-bond acceptors (Lipinski definition) is 1. The van der Waals surface area contributed by atoms with Gasteiger partial charge in [0, 0.05) is 16.0 Å². The van der Waals surface area contributed by atoms with Gasteiger partial charge in [0.2, 0.25) is 0 Å². The molecule has 0 aliphatic carbocycles. The van der Waals surface area contributed by atoms with E-state index in [9.17, 15) is 0 Å². The Labute approximate surface area is 77.1 Å². The normalized spacial score (nSPS) is 9.90. The van der Waals surface area contributed by atoms with Gasteiger partial charge in [0.1, 0.15) is 0 Å². The zero-order valence-corrected chi connectivity index (χ0v) is 8.74. The molecule has 0 aliphatic heterocycles. The number of aromatic nitrogens is 1. The van der Waals surface area contributed by atoms with Crippen molar-refractivity contribution in [2.45, 2.75) is 12.3 Å². The molecular formula is C7H7Br2N. The monoisotopic (exact) mass is 263 g/mol. The Bertz CT molecular complexity index is 235. The van der Waals surface area contributed by atoms with E-state index in [2.05, 4.69) is 42.9 Å². The van der Waals surface area contributed by atoms with Crippen LogP contribution < -0.4 is 0 Å². The van der Waals surface area contributed by atoms with Crippen molar-refractivity contribution in [3.8, 4) is 0 Å². The fourth-order valence-corrected chi connectivity index (χ4v) is 1.74. The summed E-state index contributed by atoms with van der Waals surface area (Å²) in [5, 5.41) is 0.826. The van der Waals surface area contributed by atoms with E-state index in [1.807, 2.05) is 13.1 Å². The molecular weight excluding hydrogens is 258 g/mol. The Balaban J connectivity index is 3.07. The highest BCUT2D eigenvalue weighted by Gasteiger charge is 1.96. The second kappa shape index (κ2) is 3.49. The summed E-state index contributed by atoms with van der Waals surface area (Å²) in [6, 6.07) is 2.06. The fraction of sp³-hybridized carbons (Fsp3) is 0.286. The predicted molar refractivity (Wildman–Crippen MR) is 49.3 cm³/mol. The fourth-order valence-electron chi connectivity index (χ4n) is 0.709. The predicted octanol–water partition coefficient (Wildman–Crippen LogP) is 3.05. The van der Waals surface area contributed by atoms with Crippen LogP contribution in [0.2, 0.25) is 0 Å². The number of pyridine rings is 1. The average molecular weight is 265 g/mol. The molecule has 0 saturated heterocycles. The molecule has 3 heteroatoms. The van der Waals surface area contributed by atoms with E-state index >= 15 is 0 Å². The van der Waals surface area contributed by atoms with Gasteiger partial charge in [-0.3, -0.25) is 4.98 Å². The topological polar surface area (TPSA) is 12.9 Å². The van der Waals surface area contributed by atoms with Crippen LogP contribution in [-0.2, 0) is 5.33 Å². The van der Waals surface area contributed by atoms with Crippen LogP contribution in [0, 0.1) is 6.92 Å². The Morgan fingerprint density at radius 3 is 2.80 bits per heavy atom. The summed E-state index contributed by atoms with van der Waals surface area (Å²) in [5.41, 5.74) is 2.31. The molecule has 1 heterocycles. The summed E-state index contributed by atoms with van der Waals surface area (Å²) < 4.78 is 1.04. The minimum atomic E-state index is 0.826. The van der Waals surface area contributed by atoms with Crippen LogP contribution in [0.3, 0.4) is 0 Å². The molecule has 54 valence electrons. The average Bonchev–Trinajstić information content (AvgIpc) is 1.88. The summed E-state index contributed by atoms with van der Waals surface area (Å²) in [6.45, 7) is 2.05. The minimum absolute atomic E-state index is 0.826. The molecule has 1 rings (SSSR count). The number of nitrogens with zero attached hydrogens (tertiary/aromatic N) is 1. The van der Waals surface area contributed by atoms with Gasteiger partial charge in [-0.05, 0) is 34.5 Å². The third-order valence-corrected chi connectivity index (χ3v) is 2.24. The van der Waals surface area contributed by atoms with Crippen molar-refractivity contribution in [1.82, 2.24) is 4.98 Å². The van der Waals surface area contributed by atoms with E-state index in [1.54, 1.807) is 0 Å². The first-order valence-corrected chi connectivity index (χ1v) is 4.82. The molecule has 1 aromatic rings. The van der Waals surface area contributed by atoms with Gasteiger partial charge in [-0.15, -0.1) is 0 Å². The Kier molecular flexibility index (Phi) is 2.86. The van der Waals surface area contributed by atoms with Crippen LogP contribution in [0.25, 0.3) is 0 Å². The van der Waals surface area contributed by atoms with E-state index in [0.717, 1.165) is 15.5 Å². The summed E-state index contributed by atoms with van der Waals surface area (Å²) >= 11 is 6.70. The van der Waals surface area contributed by atoms with Gasteiger partial charge in [0.05, 0.1) is 5.69 Å². The zero-order valence-electron chi connectivity index (χ0n) is 5.56. The number of alkyl halides is 1. The van der Waals surface area contributed by atoms with Crippen molar-refractivity contribution in [3.63, 3.8) is 0 Å². The van der Waals surface area contributed by atoms with Crippen molar-refractivity contribution in [3.05, 3.63) is 28.0 Å². The lowest BCUT2D eigenvalue weighted by Crippen LogP contribution is -1.88. The summed E-state index contributed by atoms with van der Waals surface area (Å²) in [6.07, 6.45) is 1.81. The minimum Gasteiger partial charge on any atom is -0.259 e. The molecule has 0 bridgehead atoms. The van der Waals surface area contributed by atoms with Crippen molar-refractivity contribution in [1.29, 1.82) is 0 Å². The lowest BCUT2D eigenvalue weighted by Gasteiger charge is -1.99. The highest BCUT2D eigenvalue weighted by molar-refractivity contribution is 9.10. The molecule has 0 fully saturated rings. The molecule has 0 unspecified atom stereocenters. The lowest BCUT2D eigenvalue weighted by molar-refractivity contribution is 1.13. The first-order chi connectivity index (χ1) is 4.74. The van der Waals surface area contributed by atoms with Crippen LogP contribution in [0.15, 0.2) is 16.7 Å². The van der Waals surface area contributed by atoms with Crippen LogP contribution in [-0.4, -0.2) is 4.98 Å². The molecule has 0 aliphatic rings. The largest absolute Gasteiger partial charge is 0.259 e. The lowest BCUT2D eigenvalue weighted by atomic mass is 10.2. The van der Waals surface area contributed by atoms with E-state index < -0.39 is 0 Å². The quantitative estimate of drug-likeness (QED) is 0.711. The summed E-state index contributed by atoms with van der Waals surface area (Å²) in [4.78, 5) is 4.20. The summed E-state index contributed by atoms with van der Waals surface area (Å²) in [7, 11) is 0. The van der Waals surface area contributed by atoms with E-state index in [4.69, 9.17) is 0 Å². The maximum absolute atomic E-state index is 4.20. The van der Waals surface area contributed by atoms with Crippen molar-refractivity contribution < 1.29 is 0 Å². The van der Waals surface area contributed by atoms with Crippen molar-refractivity contribution in [2.75, 3.05) is 0 Å². The van der Waals surface area contributed by atoms with Crippen molar-refractivity contribution in [2.24, 2.45) is 0 Å². The number of hydrogen-bond donors (Lipinski definition) is 0. The zero-order chi connectivity index (χ0) is 7.56. The van der Waals surface area contributed by atoms with E-state index in [1.165, 1.54) is 5.56 Å². The molecule has 10 heavy (non-hydrogen) atoms. The van der Waals surface area contributed by atoms with Gasteiger partial charge in [0.15, 0.2) is 0 Å². The number of aryl methyl sites for hydroxylation is 1. The van der Waals surface area contributed by atoms with Crippen LogP contribution in [0.4, 0.5) is 0 Å². The Morgan fingerprint density at radius 2 is 2.30 bits per heavy atom. The molecule has 0 saturated carbocycles. The Morgan fingerprint density at radius 1 is 1.60 bits per heavy atom. The van der Waals surface area contributed by atoms with Gasteiger partial charge < -0.3 is 0 Å². The molecule has 0 spiro atoms. The smallest absolute Gasteiger partial charge is 0.0539 e. The van der Waals surface area contributed by atoms with Gasteiger partial charge >= 0.3 is 0 Å². The third-order valence-electron chi connectivity index (χ3n) is 1.28. The van der Waals surface area contributed by atoms with E-state index in [0.29, 0.717) is 0 Å². The van der Waals surface area contributed by atoms with Crippen LogP contribution in [0.1, 0.15) is 11.3 Å². The number of rotatable bonds is 1. The highest BCUT2D eigenvalue weighted by Crippen LogP contribution is 2.14. The second-order valence-electron chi connectivity index (χ2n) is 2.05. The SMILES string of the molecule is Cc1cc(Br)cnc1CBr. The van der Waals surface area contributed by atoms with Crippen molar-refractivity contribution >= 4 is 31.9 Å². The summed E-state index contributed by atoms with van der Waals surface area (Å²) in [5.74, 6) is 0. The molecule has 0 atom stereocenters. The van der Waals surface area contributed by atoms with Gasteiger partial charge in [-0.1, -0.05) is 15.9 Å². The van der Waals surface area contributed by atoms with Gasteiger partial charge in [-0.2, -0.15) is 0 Å². The van der Waals surface area contributed by atoms with Gasteiger partial charge in [-0.25, -0.2) is 0 Å². The Hall–Kier alpha value is 0.110. The third kappa shape index (κ3) is 1.80. The first-order valence-electron chi connectivity index (χ1n) is 2.91. The molecule has 0 N–H and O–H groups in total. The molecule has 0 amide bonds. The maximum atomic E-state index is 4.20. The number of halogens is 2. The molecule has 1 aromatic heterocycles. The van der Waals surface area contributed by atoms with E-state index in [-0.39, 0.29) is 0 Å². The van der Waals surface area contributed by atoms with Crippen LogP contribution in [0.5, 0.6) is 0 Å². The molecule has 0 radical (unpaired) electrons.